The van der Waals surface area contributed by atoms with E-state index < -0.39 is 0 Å². The van der Waals surface area contributed by atoms with Crippen molar-refractivity contribution >= 4 is 17.5 Å². The van der Waals surface area contributed by atoms with Crippen LogP contribution in [-0.2, 0) is 16.1 Å². The van der Waals surface area contributed by atoms with Gasteiger partial charge < -0.3 is 14.2 Å². The van der Waals surface area contributed by atoms with Gasteiger partial charge in [0.1, 0.15) is 5.76 Å². The number of aryl methyl sites for hydroxylation is 1. The summed E-state index contributed by atoms with van der Waals surface area (Å²) in [6.45, 7) is 3.84. The molecule has 1 saturated carbocycles. The van der Waals surface area contributed by atoms with Crippen molar-refractivity contribution in [1.82, 2.24) is 4.90 Å². The molecule has 142 valence electrons. The van der Waals surface area contributed by atoms with Gasteiger partial charge in [0.25, 0.3) is 0 Å². The van der Waals surface area contributed by atoms with Crippen LogP contribution in [-0.4, -0.2) is 29.8 Å². The van der Waals surface area contributed by atoms with Crippen molar-refractivity contribution in [2.45, 2.75) is 39.2 Å². The number of furan rings is 1. The Morgan fingerprint density at radius 3 is 2.33 bits per heavy atom. The van der Waals surface area contributed by atoms with Gasteiger partial charge in [-0.3, -0.25) is 9.59 Å². The molecule has 5 heteroatoms. The largest absolute Gasteiger partial charge is 0.467 e. The van der Waals surface area contributed by atoms with Crippen LogP contribution in [0.3, 0.4) is 0 Å². The standard InChI is InChI=1S/C22H26N2O3/c1-16-4-8-19(9-5-16)24(15-20-3-2-14-27-20)22(26)18-10-12-23(13-11-18)21(25)17-6-7-17/h2-5,8-9,14,17-18H,6-7,10-13,15H2,1H3. The lowest BCUT2D eigenvalue weighted by Gasteiger charge is -2.34. The van der Waals surface area contributed by atoms with E-state index in [1.807, 2.05) is 53.1 Å². The second-order valence-electron chi connectivity index (χ2n) is 7.71. The Labute approximate surface area is 159 Å². The summed E-state index contributed by atoms with van der Waals surface area (Å²) in [7, 11) is 0. The summed E-state index contributed by atoms with van der Waals surface area (Å²) >= 11 is 0. The molecule has 2 aromatic rings. The highest BCUT2D eigenvalue weighted by Gasteiger charge is 2.37. The second kappa shape index (κ2) is 7.59. The Kier molecular flexibility index (Phi) is 5.01. The van der Waals surface area contributed by atoms with Gasteiger partial charge in [0.15, 0.2) is 0 Å². The van der Waals surface area contributed by atoms with Gasteiger partial charge in [-0.05, 0) is 56.9 Å². The molecule has 0 radical (unpaired) electrons. The highest BCUT2D eigenvalue weighted by Crippen LogP contribution is 2.33. The summed E-state index contributed by atoms with van der Waals surface area (Å²) in [5, 5.41) is 0. The van der Waals surface area contributed by atoms with Crippen molar-refractivity contribution in [2.75, 3.05) is 18.0 Å². The maximum Gasteiger partial charge on any atom is 0.230 e. The highest BCUT2D eigenvalue weighted by molar-refractivity contribution is 5.95. The molecule has 4 rings (SSSR count). The van der Waals surface area contributed by atoms with Crippen LogP contribution >= 0.6 is 0 Å². The molecule has 2 heterocycles. The molecule has 0 spiro atoms. The zero-order valence-corrected chi connectivity index (χ0v) is 15.8. The van der Waals surface area contributed by atoms with Crippen molar-refractivity contribution in [2.24, 2.45) is 11.8 Å². The smallest absolute Gasteiger partial charge is 0.230 e. The van der Waals surface area contributed by atoms with Crippen molar-refractivity contribution in [1.29, 1.82) is 0 Å². The molecule has 2 amide bonds. The Morgan fingerprint density at radius 1 is 1.04 bits per heavy atom. The van der Waals surface area contributed by atoms with E-state index in [0.29, 0.717) is 19.6 Å². The Morgan fingerprint density at radius 2 is 1.74 bits per heavy atom. The third kappa shape index (κ3) is 4.07. The third-order valence-corrected chi connectivity index (χ3v) is 5.59. The summed E-state index contributed by atoms with van der Waals surface area (Å²) in [6, 6.07) is 11.8. The molecule has 1 aliphatic heterocycles. The van der Waals surface area contributed by atoms with Crippen molar-refractivity contribution in [3.8, 4) is 0 Å². The van der Waals surface area contributed by atoms with Crippen LogP contribution in [0.4, 0.5) is 5.69 Å². The first-order valence-electron chi connectivity index (χ1n) is 9.81. The van der Waals surface area contributed by atoms with Gasteiger partial charge in [-0.25, -0.2) is 0 Å². The molecule has 0 N–H and O–H groups in total. The van der Waals surface area contributed by atoms with Crippen LogP contribution < -0.4 is 4.90 Å². The molecule has 2 aliphatic rings. The minimum absolute atomic E-state index is 0.0514. The molecular weight excluding hydrogens is 340 g/mol. The average Bonchev–Trinajstić information content (AvgIpc) is 3.42. The molecule has 5 nitrogen and oxygen atoms in total. The monoisotopic (exact) mass is 366 g/mol. The first-order chi connectivity index (χ1) is 13.1. The second-order valence-corrected chi connectivity index (χ2v) is 7.71. The fraction of sp³-hybridized carbons (Fsp3) is 0.455. The molecule has 1 aliphatic carbocycles. The maximum atomic E-state index is 13.3. The lowest BCUT2D eigenvalue weighted by Crippen LogP contribution is -2.44. The summed E-state index contributed by atoms with van der Waals surface area (Å²) in [6.07, 6.45) is 5.16. The fourth-order valence-corrected chi connectivity index (χ4v) is 3.74. The Balaban J connectivity index is 1.46. The predicted molar refractivity (Wildman–Crippen MR) is 103 cm³/mol. The van der Waals surface area contributed by atoms with E-state index >= 15 is 0 Å². The number of carbonyl (C=O) groups is 2. The number of amides is 2. The van der Waals surface area contributed by atoms with E-state index in [4.69, 9.17) is 4.42 Å². The van der Waals surface area contributed by atoms with Crippen LogP contribution in [0.5, 0.6) is 0 Å². The first-order valence-corrected chi connectivity index (χ1v) is 9.81. The lowest BCUT2D eigenvalue weighted by atomic mass is 9.94. The number of likely N-dealkylation sites (tertiary alicyclic amines) is 1. The summed E-state index contributed by atoms with van der Waals surface area (Å²) in [4.78, 5) is 29.3. The normalized spacial score (nSPS) is 17.7. The quantitative estimate of drug-likeness (QED) is 0.809. The zero-order valence-electron chi connectivity index (χ0n) is 15.8. The number of hydrogen-bond acceptors (Lipinski definition) is 3. The van der Waals surface area contributed by atoms with Gasteiger partial charge >= 0.3 is 0 Å². The molecule has 0 unspecified atom stereocenters. The summed E-state index contributed by atoms with van der Waals surface area (Å²) in [5.41, 5.74) is 2.05. The van der Waals surface area contributed by atoms with E-state index in [1.165, 1.54) is 0 Å². The number of anilines is 1. The van der Waals surface area contributed by atoms with Crippen LogP contribution in [0.15, 0.2) is 47.1 Å². The van der Waals surface area contributed by atoms with Gasteiger partial charge in [-0.1, -0.05) is 17.7 Å². The van der Waals surface area contributed by atoms with Crippen LogP contribution in [0.2, 0.25) is 0 Å². The minimum Gasteiger partial charge on any atom is -0.467 e. The highest BCUT2D eigenvalue weighted by atomic mass is 16.3. The molecule has 1 aromatic carbocycles. The summed E-state index contributed by atoms with van der Waals surface area (Å²) in [5.74, 6) is 1.37. The van der Waals surface area contributed by atoms with Crippen LogP contribution in [0.25, 0.3) is 0 Å². The predicted octanol–water partition coefficient (Wildman–Crippen LogP) is 3.77. The third-order valence-electron chi connectivity index (χ3n) is 5.59. The van der Waals surface area contributed by atoms with E-state index in [2.05, 4.69) is 0 Å². The number of nitrogens with zero attached hydrogens (tertiary/aromatic N) is 2. The topological polar surface area (TPSA) is 53.8 Å². The number of carbonyl (C=O) groups excluding carboxylic acids is 2. The van der Waals surface area contributed by atoms with E-state index in [-0.39, 0.29) is 23.7 Å². The maximum absolute atomic E-state index is 13.3. The zero-order chi connectivity index (χ0) is 18.8. The number of piperidine rings is 1. The number of rotatable bonds is 5. The van der Waals surface area contributed by atoms with E-state index in [1.54, 1.807) is 6.26 Å². The molecule has 1 saturated heterocycles. The molecule has 0 bridgehead atoms. The van der Waals surface area contributed by atoms with Gasteiger partial charge in [0, 0.05) is 30.6 Å². The van der Waals surface area contributed by atoms with E-state index in [0.717, 1.165) is 42.7 Å². The Bertz CT molecular complexity index is 785. The minimum atomic E-state index is -0.0514. The number of hydrogen-bond donors (Lipinski definition) is 0. The molecule has 0 atom stereocenters. The van der Waals surface area contributed by atoms with E-state index in [9.17, 15) is 9.59 Å². The molecule has 2 fully saturated rings. The fourth-order valence-electron chi connectivity index (χ4n) is 3.74. The van der Waals surface area contributed by atoms with Crippen LogP contribution in [0, 0.1) is 18.8 Å². The van der Waals surface area contributed by atoms with Crippen molar-refractivity contribution < 1.29 is 14.0 Å². The van der Waals surface area contributed by atoms with Crippen molar-refractivity contribution in [3.05, 3.63) is 54.0 Å². The first kappa shape index (κ1) is 17.8. The Hall–Kier alpha value is -2.56. The van der Waals surface area contributed by atoms with Crippen molar-refractivity contribution in [3.63, 3.8) is 0 Å². The molecule has 1 aromatic heterocycles. The molecular formula is C22H26N2O3. The van der Waals surface area contributed by atoms with Gasteiger partial charge in [-0.2, -0.15) is 0 Å². The van der Waals surface area contributed by atoms with Gasteiger partial charge in [-0.15, -0.1) is 0 Å². The lowest BCUT2D eigenvalue weighted by molar-refractivity contribution is -0.136. The van der Waals surface area contributed by atoms with Crippen LogP contribution in [0.1, 0.15) is 37.0 Å². The average molecular weight is 366 g/mol. The molecule has 27 heavy (non-hydrogen) atoms. The summed E-state index contributed by atoms with van der Waals surface area (Å²) < 4.78 is 5.48. The van der Waals surface area contributed by atoms with Gasteiger partial charge in [0.2, 0.25) is 11.8 Å². The van der Waals surface area contributed by atoms with Gasteiger partial charge in [0.05, 0.1) is 12.8 Å². The SMILES string of the molecule is Cc1ccc(N(Cc2ccco2)C(=O)C2CCN(C(=O)C3CC3)CC2)cc1. The number of benzene rings is 1.